The number of benzene rings is 2. The first kappa shape index (κ1) is 16.9. The first-order chi connectivity index (χ1) is 12.6. The summed E-state index contributed by atoms with van der Waals surface area (Å²) < 4.78 is 0. The van der Waals surface area contributed by atoms with Gasteiger partial charge < -0.3 is 0 Å². The first-order valence-electron chi connectivity index (χ1n) is 8.25. The predicted octanol–water partition coefficient (Wildman–Crippen LogP) is 4.96. The van der Waals surface area contributed by atoms with Crippen LogP contribution in [0.15, 0.2) is 54.6 Å². The van der Waals surface area contributed by atoms with Gasteiger partial charge in [0.05, 0.1) is 10.6 Å². The minimum atomic E-state index is -0.286. The number of Topliss-reactive ketones (excluding diaryl/α,β-unsaturated/α-hetero) is 1. The lowest BCUT2D eigenvalue weighted by atomic mass is 9.85. The van der Waals surface area contributed by atoms with Gasteiger partial charge in [-0.25, -0.2) is 4.98 Å². The molecule has 1 atom stereocenters. The maximum atomic E-state index is 12.5. The third-order valence-electron chi connectivity index (χ3n) is 4.40. The Morgan fingerprint density at radius 3 is 2.69 bits per heavy atom. The molecule has 1 heterocycles. The van der Waals surface area contributed by atoms with Gasteiger partial charge in [0.2, 0.25) is 0 Å². The van der Waals surface area contributed by atoms with E-state index in [-0.39, 0.29) is 17.6 Å². The first-order valence-corrected chi connectivity index (χ1v) is 9.44. The SMILES string of the molecule is O=C(Nc1nc2c(s1)C(=O)C[C@H](c1ccccc1)C2)c1cccc(Cl)c1. The van der Waals surface area contributed by atoms with Crippen LogP contribution in [0.1, 0.15) is 43.6 Å². The summed E-state index contributed by atoms with van der Waals surface area (Å²) in [5.74, 6) is -0.0682. The summed E-state index contributed by atoms with van der Waals surface area (Å²) in [5.41, 5.74) is 2.37. The van der Waals surface area contributed by atoms with Gasteiger partial charge >= 0.3 is 0 Å². The monoisotopic (exact) mass is 382 g/mol. The Balaban J connectivity index is 1.55. The van der Waals surface area contributed by atoms with Crippen LogP contribution in [0.25, 0.3) is 0 Å². The molecule has 0 spiro atoms. The second-order valence-corrected chi connectivity index (χ2v) is 7.63. The number of carbonyl (C=O) groups is 2. The van der Waals surface area contributed by atoms with Crippen LogP contribution < -0.4 is 5.32 Å². The molecule has 0 bridgehead atoms. The Bertz CT molecular complexity index is 984. The van der Waals surface area contributed by atoms with E-state index in [1.54, 1.807) is 24.3 Å². The number of carbonyl (C=O) groups excluding carboxylic acids is 2. The Morgan fingerprint density at radius 2 is 1.92 bits per heavy atom. The quantitative estimate of drug-likeness (QED) is 0.696. The molecule has 0 saturated heterocycles. The van der Waals surface area contributed by atoms with E-state index in [0.717, 1.165) is 11.3 Å². The van der Waals surface area contributed by atoms with Crippen LogP contribution in [0, 0.1) is 0 Å². The molecule has 3 aromatic rings. The molecule has 130 valence electrons. The van der Waals surface area contributed by atoms with Crippen LogP contribution >= 0.6 is 22.9 Å². The van der Waals surface area contributed by atoms with Crippen LogP contribution in [0.2, 0.25) is 5.02 Å². The van der Waals surface area contributed by atoms with Gasteiger partial charge in [0, 0.05) is 17.0 Å². The number of hydrogen-bond donors (Lipinski definition) is 1. The highest BCUT2D eigenvalue weighted by molar-refractivity contribution is 7.17. The molecule has 26 heavy (non-hydrogen) atoms. The van der Waals surface area contributed by atoms with Crippen molar-refractivity contribution >= 4 is 39.8 Å². The van der Waals surface area contributed by atoms with Gasteiger partial charge in [-0.15, -0.1) is 0 Å². The van der Waals surface area contributed by atoms with E-state index in [1.165, 1.54) is 11.3 Å². The molecule has 1 amide bonds. The molecule has 1 aliphatic rings. The average Bonchev–Trinajstić information content (AvgIpc) is 3.05. The van der Waals surface area contributed by atoms with Crippen LogP contribution in [-0.2, 0) is 6.42 Å². The molecule has 1 aromatic heterocycles. The van der Waals surface area contributed by atoms with E-state index < -0.39 is 0 Å². The molecule has 1 aliphatic carbocycles. The van der Waals surface area contributed by atoms with Crippen molar-refractivity contribution in [1.29, 1.82) is 0 Å². The van der Waals surface area contributed by atoms with Crippen molar-refractivity contribution in [3.63, 3.8) is 0 Å². The molecule has 4 nitrogen and oxygen atoms in total. The number of ketones is 1. The van der Waals surface area contributed by atoms with Gasteiger partial charge in [0.15, 0.2) is 10.9 Å². The molecule has 0 saturated carbocycles. The van der Waals surface area contributed by atoms with Crippen LogP contribution in [0.3, 0.4) is 0 Å². The van der Waals surface area contributed by atoms with Gasteiger partial charge in [-0.2, -0.15) is 0 Å². The Morgan fingerprint density at radius 1 is 1.12 bits per heavy atom. The summed E-state index contributed by atoms with van der Waals surface area (Å²) >= 11 is 7.17. The Hall–Kier alpha value is -2.50. The minimum absolute atomic E-state index is 0.0841. The van der Waals surface area contributed by atoms with Gasteiger partial charge in [0.25, 0.3) is 5.91 Å². The van der Waals surface area contributed by atoms with Gasteiger partial charge in [-0.3, -0.25) is 14.9 Å². The molecule has 1 N–H and O–H groups in total. The van der Waals surface area contributed by atoms with E-state index >= 15 is 0 Å². The molecule has 4 rings (SSSR count). The lowest BCUT2D eigenvalue weighted by molar-refractivity contribution is 0.0967. The number of rotatable bonds is 3. The third-order valence-corrected chi connectivity index (χ3v) is 5.69. The van der Waals surface area contributed by atoms with E-state index in [9.17, 15) is 9.59 Å². The smallest absolute Gasteiger partial charge is 0.257 e. The van der Waals surface area contributed by atoms with Crippen molar-refractivity contribution in [1.82, 2.24) is 4.98 Å². The van der Waals surface area contributed by atoms with E-state index in [0.29, 0.717) is 33.4 Å². The number of nitrogens with one attached hydrogen (secondary N) is 1. The molecule has 6 heteroatoms. The maximum absolute atomic E-state index is 12.5. The molecule has 0 radical (unpaired) electrons. The van der Waals surface area contributed by atoms with Crippen molar-refractivity contribution < 1.29 is 9.59 Å². The maximum Gasteiger partial charge on any atom is 0.257 e. The van der Waals surface area contributed by atoms with Crippen LogP contribution in [0.5, 0.6) is 0 Å². The van der Waals surface area contributed by atoms with Gasteiger partial charge in [-0.05, 0) is 36.1 Å². The van der Waals surface area contributed by atoms with Crippen molar-refractivity contribution in [3.05, 3.63) is 81.3 Å². The van der Waals surface area contributed by atoms with Crippen molar-refractivity contribution in [2.45, 2.75) is 18.8 Å². The third kappa shape index (κ3) is 3.41. The minimum Gasteiger partial charge on any atom is -0.298 e. The zero-order valence-corrected chi connectivity index (χ0v) is 15.3. The summed E-state index contributed by atoms with van der Waals surface area (Å²) in [6.07, 6.45) is 1.18. The lowest BCUT2D eigenvalue weighted by Crippen LogP contribution is -2.17. The standard InChI is InChI=1S/C20H15ClN2O2S/c21-15-8-4-7-13(9-15)19(25)23-20-22-16-10-14(11-17(24)18(16)26-20)12-5-2-1-3-6-12/h1-9,14H,10-11H2,(H,22,23,25)/t14-/m1/s1. The highest BCUT2D eigenvalue weighted by Crippen LogP contribution is 2.36. The summed E-state index contributed by atoms with van der Waals surface area (Å²) in [4.78, 5) is 30.0. The number of halogens is 1. The molecular weight excluding hydrogens is 368 g/mol. The predicted molar refractivity (Wildman–Crippen MR) is 103 cm³/mol. The Kier molecular flexibility index (Phi) is 4.57. The average molecular weight is 383 g/mol. The fourth-order valence-corrected chi connectivity index (χ4v) is 4.27. The second kappa shape index (κ2) is 7.02. The number of amides is 1. The highest BCUT2D eigenvalue weighted by Gasteiger charge is 2.30. The number of hydrogen-bond acceptors (Lipinski definition) is 4. The highest BCUT2D eigenvalue weighted by atomic mass is 35.5. The number of aromatic nitrogens is 1. The van der Waals surface area contributed by atoms with E-state index in [1.807, 2.05) is 30.3 Å². The van der Waals surface area contributed by atoms with Gasteiger partial charge in [0.1, 0.15) is 0 Å². The summed E-state index contributed by atoms with van der Waals surface area (Å²) in [7, 11) is 0. The topological polar surface area (TPSA) is 59.1 Å². The normalized spacial score (nSPS) is 16.2. The van der Waals surface area contributed by atoms with Crippen molar-refractivity contribution in [2.24, 2.45) is 0 Å². The van der Waals surface area contributed by atoms with Crippen LogP contribution in [-0.4, -0.2) is 16.7 Å². The number of nitrogens with zero attached hydrogens (tertiary/aromatic N) is 1. The van der Waals surface area contributed by atoms with E-state index in [2.05, 4.69) is 10.3 Å². The molecule has 2 aromatic carbocycles. The largest absolute Gasteiger partial charge is 0.298 e. The zero-order valence-electron chi connectivity index (χ0n) is 13.7. The Labute approximate surface area is 159 Å². The van der Waals surface area contributed by atoms with Crippen molar-refractivity contribution in [2.75, 3.05) is 5.32 Å². The molecule has 0 fully saturated rings. The lowest BCUT2D eigenvalue weighted by Gasteiger charge is -2.20. The summed E-state index contributed by atoms with van der Waals surface area (Å²) in [5, 5.41) is 3.72. The second-order valence-electron chi connectivity index (χ2n) is 6.20. The van der Waals surface area contributed by atoms with Crippen LogP contribution in [0.4, 0.5) is 5.13 Å². The number of thiazole rings is 1. The number of anilines is 1. The van der Waals surface area contributed by atoms with E-state index in [4.69, 9.17) is 11.6 Å². The fourth-order valence-electron chi connectivity index (χ4n) is 3.14. The van der Waals surface area contributed by atoms with Crippen molar-refractivity contribution in [3.8, 4) is 0 Å². The van der Waals surface area contributed by atoms with Gasteiger partial charge in [-0.1, -0.05) is 59.3 Å². The molecule has 0 aliphatic heterocycles. The zero-order chi connectivity index (χ0) is 18.1. The fraction of sp³-hybridized carbons (Fsp3) is 0.150. The molecule has 0 unspecified atom stereocenters. The molecular formula is C20H15ClN2O2S. The summed E-state index contributed by atoms with van der Waals surface area (Å²) in [6, 6.07) is 16.7. The number of fused-ring (bicyclic) bond motifs is 1. The summed E-state index contributed by atoms with van der Waals surface area (Å²) in [6.45, 7) is 0.